The molecule has 2 aromatic rings. The molecule has 0 saturated heterocycles. The van der Waals surface area contributed by atoms with Crippen LogP contribution in [0.5, 0.6) is 0 Å². The van der Waals surface area contributed by atoms with E-state index in [2.05, 4.69) is 46.5 Å². The third-order valence-electron chi connectivity index (χ3n) is 2.87. The van der Waals surface area contributed by atoms with E-state index in [1.165, 1.54) is 4.90 Å². The molecule has 0 amide bonds. The van der Waals surface area contributed by atoms with Crippen molar-refractivity contribution in [2.45, 2.75) is 18.4 Å². The fraction of sp³-hybridized carbons (Fsp3) is 0.400. The van der Waals surface area contributed by atoms with Crippen LogP contribution in [0.15, 0.2) is 35.4 Å². The van der Waals surface area contributed by atoms with Crippen LogP contribution in [0, 0.1) is 0 Å². The van der Waals surface area contributed by atoms with Crippen LogP contribution in [0.4, 0.5) is 0 Å². The van der Waals surface area contributed by atoms with Gasteiger partial charge in [0.05, 0.1) is 6.61 Å². The van der Waals surface area contributed by atoms with Crippen molar-refractivity contribution in [2.75, 3.05) is 26.0 Å². The summed E-state index contributed by atoms with van der Waals surface area (Å²) in [6, 6.07) is 8.50. The fourth-order valence-electron chi connectivity index (χ4n) is 1.87. The summed E-state index contributed by atoms with van der Waals surface area (Å²) in [5.74, 6) is 2.01. The highest BCUT2D eigenvalue weighted by atomic mass is 32.2. The third-order valence-corrected chi connectivity index (χ3v) is 3.76. The number of imidazole rings is 1. The molecule has 4 nitrogen and oxygen atoms in total. The number of ether oxygens (including phenoxy) is 1. The lowest BCUT2D eigenvalue weighted by Gasteiger charge is -2.02. The molecule has 0 radical (unpaired) electrons. The molecule has 2 rings (SSSR count). The average Bonchev–Trinajstić information content (AvgIpc) is 2.94. The van der Waals surface area contributed by atoms with E-state index >= 15 is 0 Å². The maximum Gasteiger partial charge on any atom is 0.137 e. The van der Waals surface area contributed by atoms with Gasteiger partial charge < -0.3 is 15.0 Å². The lowest BCUT2D eigenvalue weighted by Crippen LogP contribution is -2.18. The molecule has 0 bridgehead atoms. The van der Waals surface area contributed by atoms with Crippen molar-refractivity contribution in [3.05, 3.63) is 36.2 Å². The summed E-state index contributed by atoms with van der Waals surface area (Å²) in [6.45, 7) is 4.50. The Morgan fingerprint density at radius 2 is 2.10 bits per heavy atom. The Hall–Kier alpha value is -1.30. The number of H-pyrrole nitrogens is 1. The Morgan fingerprint density at radius 1 is 1.30 bits per heavy atom. The molecular formula is C15H21N3OS. The van der Waals surface area contributed by atoms with E-state index in [0.717, 1.165) is 42.5 Å². The third kappa shape index (κ3) is 4.37. The summed E-state index contributed by atoms with van der Waals surface area (Å²) >= 11 is 1.85. The largest absolute Gasteiger partial charge is 0.383 e. The minimum atomic E-state index is 0.720. The van der Waals surface area contributed by atoms with Crippen molar-refractivity contribution >= 4 is 11.8 Å². The topological polar surface area (TPSA) is 49.9 Å². The predicted octanol–water partition coefficient (Wildman–Crippen LogP) is 2.92. The Bertz CT molecular complexity index is 510. The predicted molar refractivity (Wildman–Crippen MR) is 84.0 cm³/mol. The van der Waals surface area contributed by atoms with E-state index in [1.54, 1.807) is 7.11 Å². The average molecular weight is 291 g/mol. The second kappa shape index (κ2) is 8.09. The van der Waals surface area contributed by atoms with E-state index in [0.29, 0.717) is 0 Å². The maximum atomic E-state index is 5.00. The van der Waals surface area contributed by atoms with Gasteiger partial charge in [0.25, 0.3) is 0 Å². The molecule has 108 valence electrons. The van der Waals surface area contributed by atoms with Crippen LogP contribution in [0.3, 0.4) is 0 Å². The summed E-state index contributed by atoms with van der Waals surface area (Å²) in [5.41, 5.74) is 2.21. The fourth-order valence-corrected chi connectivity index (χ4v) is 2.53. The van der Waals surface area contributed by atoms with Crippen molar-refractivity contribution in [2.24, 2.45) is 0 Å². The number of thioether (sulfide) groups is 1. The second-order valence-corrected chi connectivity index (χ2v) is 5.72. The first-order chi connectivity index (χ1) is 9.83. The molecule has 20 heavy (non-hydrogen) atoms. The summed E-state index contributed by atoms with van der Waals surface area (Å²) in [4.78, 5) is 9.06. The van der Waals surface area contributed by atoms with Crippen molar-refractivity contribution < 1.29 is 4.74 Å². The number of nitrogens with one attached hydrogen (secondary N) is 2. The van der Waals surface area contributed by atoms with Gasteiger partial charge in [-0.15, -0.1) is 11.8 Å². The Kier molecular flexibility index (Phi) is 6.11. The SMILES string of the molecule is CCSc1ccc(-c2ncc(CNCCOC)[nH]2)cc1. The minimum Gasteiger partial charge on any atom is -0.383 e. The highest BCUT2D eigenvalue weighted by Gasteiger charge is 2.03. The van der Waals surface area contributed by atoms with Crippen LogP contribution in [0.1, 0.15) is 12.6 Å². The van der Waals surface area contributed by atoms with Crippen molar-refractivity contribution in [1.82, 2.24) is 15.3 Å². The van der Waals surface area contributed by atoms with Gasteiger partial charge in [-0.05, 0) is 17.9 Å². The van der Waals surface area contributed by atoms with Crippen LogP contribution in [0.2, 0.25) is 0 Å². The molecule has 2 N–H and O–H groups in total. The molecule has 0 aliphatic carbocycles. The van der Waals surface area contributed by atoms with Crippen LogP contribution < -0.4 is 5.32 Å². The number of aromatic amines is 1. The highest BCUT2D eigenvalue weighted by Crippen LogP contribution is 2.22. The smallest absolute Gasteiger partial charge is 0.137 e. The number of aromatic nitrogens is 2. The lowest BCUT2D eigenvalue weighted by atomic mass is 10.2. The van der Waals surface area contributed by atoms with Gasteiger partial charge >= 0.3 is 0 Å². The van der Waals surface area contributed by atoms with Gasteiger partial charge in [-0.3, -0.25) is 0 Å². The van der Waals surface area contributed by atoms with Gasteiger partial charge in [-0.25, -0.2) is 4.98 Å². The molecule has 1 aromatic carbocycles. The standard InChI is InChI=1S/C15H21N3OS/c1-3-20-14-6-4-12(5-7-14)15-17-11-13(18-15)10-16-8-9-19-2/h4-7,11,16H,3,8-10H2,1-2H3,(H,17,18). The molecule has 5 heteroatoms. The quantitative estimate of drug-likeness (QED) is 0.580. The summed E-state index contributed by atoms with van der Waals surface area (Å²) < 4.78 is 5.00. The molecule has 0 saturated carbocycles. The monoisotopic (exact) mass is 291 g/mol. The molecule has 1 aromatic heterocycles. The maximum absolute atomic E-state index is 5.00. The van der Waals surface area contributed by atoms with Crippen molar-refractivity contribution in [1.29, 1.82) is 0 Å². The van der Waals surface area contributed by atoms with Gasteiger partial charge in [0.15, 0.2) is 0 Å². The zero-order valence-electron chi connectivity index (χ0n) is 12.0. The van der Waals surface area contributed by atoms with E-state index < -0.39 is 0 Å². The van der Waals surface area contributed by atoms with Gasteiger partial charge in [-0.1, -0.05) is 19.1 Å². The van der Waals surface area contributed by atoms with Gasteiger partial charge in [0.1, 0.15) is 5.82 Å². The number of nitrogens with zero attached hydrogens (tertiary/aromatic N) is 1. The van der Waals surface area contributed by atoms with Crippen molar-refractivity contribution in [3.63, 3.8) is 0 Å². The minimum absolute atomic E-state index is 0.720. The molecule has 0 aliphatic heterocycles. The van der Waals surface area contributed by atoms with Gasteiger partial charge in [0, 0.05) is 42.5 Å². The second-order valence-electron chi connectivity index (χ2n) is 4.38. The number of benzene rings is 1. The molecule has 0 unspecified atom stereocenters. The van der Waals surface area contributed by atoms with Crippen LogP contribution in [0.25, 0.3) is 11.4 Å². The summed E-state index contributed by atoms with van der Waals surface area (Å²) in [5, 5.41) is 3.29. The molecule has 0 spiro atoms. The molecular weight excluding hydrogens is 270 g/mol. The van der Waals surface area contributed by atoms with Crippen LogP contribution in [-0.4, -0.2) is 36.0 Å². The van der Waals surface area contributed by atoms with Crippen LogP contribution >= 0.6 is 11.8 Å². The molecule has 0 fully saturated rings. The number of rotatable bonds is 8. The van der Waals surface area contributed by atoms with E-state index in [-0.39, 0.29) is 0 Å². The number of methoxy groups -OCH3 is 1. The van der Waals surface area contributed by atoms with Gasteiger partial charge in [-0.2, -0.15) is 0 Å². The first-order valence-electron chi connectivity index (χ1n) is 6.80. The van der Waals surface area contributed by atoms with E-state index in [1.807, 2.05) is 18.0 Å². The molecule has 0 atom stereocenters. The molecule has 0 aliphatic rings. The van der Waals surface area contributed by atoms with E-state index in [9.17, 15) is 0 Å². The summed E-state index contributed by atoms with van der Waals surface area (Å²) in [7, 11) is 1.70. The number of hydrogen-bond acceptors (Lipinski definition) is 4. The molecule has 1 heterocycles. The first kappa shape index (κ1) is 15.1. The number of hydrogen-bond donors (Lipinski definition) is 2. The zero-order valence-corrected chi connectivity index (χ0v) is 12.8. The Labute approximate surface area is 124 Å². The van der Waals surface area contributed by atoms with Crippen LogP contribution in [-0.2, 0) is 11.3 Å². The summed E-state index contributed by atoms with van der Waals surface area (Å²) in [6.07, 6.45) is 1.88. The highest BCUT2D eigenvalue weighted by molar-refractivity contribution is 7.99. The Balaban J connectivity index is 1.93. The normalized spacial score (nSPS) is 10.9. The zero-order chi connectivity index (χ0) is 14.2. The first-order valence-corrected chi connectivity index (χ1v) is 7.78. The van der Waals surface area contributed by atoms with E-state index in [4.69, 9.17) is 4.74 Å². The Morgan fingerprint density at radius 3 is 2.80 bits per heavy atom. The lowest BCUT2D eigenvalue weighted by molar-refractivity contribution is 0.199. The van der Waals surface area contributed by atoms with Gasteiger partial charge in [0.2, 0.25) is 0 Å². The van der Waals surface area contributed by atoms with Crippen molar-refractivity contribution in [3.8, 4) is 11.4 Å².